The van der Waals surface area contributed by atoms with Crippen molar-refractivity contribution in [2.45, 2.75) is 31.8 Å². The quantitative estimate of drug-likeness (QED) is 0.821. The van der Waals surface area contributed by atoms with E-state index in [1.807, 2.05) is 0 Å². The summed E-state index contributed by atoms with van der Waals surface area (Å²) in [7, 11) is 0. The highest BCUT2D eigenvalue weighted by molar-refractivity contribution is 5.75. The van der Waals surface area contributed by atoms with Crippen LogP contribution in [-0.4, -0.2) is 61.4 Å². The number of hydrogen-bond acceptors (Lipinski definition) is 4. The zero-order chi connectivity index (χ0) is 17.1. The number of likely N-dealkylation sites (tertiary alicyclic amines) is 1. The molecular formula is C20H28N2O3. The molecule has 3 fully saturated rings. The minimum absolute atomic E-state index is 0.136. The summed E-state index contributed by atoms with van der Waals surface area (Å²) in [5, 5.41) is 1.58. The predicted octanol–water partition coefficient (Wildman–Crippen LogP) is 2.12. The third-order valence-corrected chi connectivity index (χ3v) is 5.79. The summed E-state index contributed by atoms with van der Waals surface area (Å²) in [6, 6.07) is 10.6. The number of carbonyl (C=O) groups excluding carboxylic acids is 1. The van der Waals surface area contributed by atoms with Gasteiger partial charge in [-0.05, 0) is 30.7 Å². The van der Waals surface area contributed by atoms with Crippen LogP contribution in [0.4, 0.5) is 0 Å². The molecule has 4 rings (SSSR count). The summed E-state index contributed by atoms with van der Waals surface area (Å²) in [6.45, 7) is 5.26. The van der Waals surface area contributed by atoms with E-state index in [4.69, 9.17) is 9.57 Å². The molecule has 5 heteroatoms. The van der Waals surface area contributed by atoms with Crippen LogP contribution in [0.15, 0.2) is 30.3 Å². The van der Waals surface area contributed by atoms with E-state index in [0.29, 0.717) is 31.0 Å². The van der Waals surface area contributed by atoms with Gasteiger partial charge < -0.3 is 9.64 Å². The van der Waals surface area contributed by atoms with Crippen molar-refractivity contribution in [2.24, 2.45) is 11.8 Å². The maximum atomic E-state index is 12.5. The average molecular weight is 344 g/mol. The summed E-state index contributed by atoms with van der Waals surface area (Å²) >= 11 is 0. The van der Waals surface area contributed by atoms with Crippen molar-refractivity contribution >= 4 is 5.91 Å². The summed E-state index contributed by atoms with van der Waals surface area (Å²) in [5.74, 6) is 0.964. The molecule has 3 aliphatic heterocycles. The minimum atomic E-state index is 0.136. The van der Waals surface area contributed by atoms with Crippen LogP contribution in [0.3, 0.4) is 0 Å². The van der Waals surface area contributed by atoms with E-state index in [1.54, 1.807) is 5.06 Å². The molecule has 0 bridgehead atoms. The lowest BCUT2D eigenvalue weighted by Gasteiger charge is -2.27. The Morgan fingerprint density at radius 3 is 2.84 bits per heavy atom. The molecule has 1 aromatic carbocycles. The lowest BCUT2D eigenvalue weighted by atomic mass is 9.90. The summed E-state index contributed by atoms with van der Waals surface area (Å²) < 4.78 is 6.01. The SMILES string of the molecule is O=C(C[C@H]1CO[C@@H]2CN(CCc3ccccc3)C[C@H]12)N1CCCCO1. The number of hydroxylamine groups is 2. The Morgan fingerprint density at radius 1 is 1.16 bits per heavy atom. The van der Waals surface area contributed by atoms with Gasteiger partial charge in [0.25, 0.3) is 0 Å². The number of rotatable bonds is 5. The Labute approximate surface area is 149 Å². The highest BCUT2D eigenvalue weighted by Crippen LogP contribution is 2.36. The molecule has 25 heavy (non-hydrogen) atoms. The van der Waals surface area contributed by atoms with Gasteiger partial charge in [0.1, 0.15) is 0 Å². The molecule has 0 N–H and O–H groups in total. The molecule has 0 radical (unpaired) electrons. The van der Waals surface area contributed by atoms with E-state index in [-0.39, 0.29) is 5.91 Å². The second kappa shape index (κ2) is 7.85. The van der Waals surface area contributed by atoms with Gasteiger partial charge in [0.2, 0.25) is 5.91 Å². The second-order valence-electron chi connectivity index (χ2n) is 7.53. The van der Waals surface area contributed by atoms with Crippen LogP contribution in [0.1, 0.15) is 24.8 Å². The normalized spacial score (nSPS) is 29.8. The number of benzene rings is 1. The summed E-state index contributed by atoms with van der Waals surface area (Å²) in [5.41, 5.74) is 1.38. The first-order chi connectivity index (χ1) is 12.3. The third kappa shape index (κ3) is 4.05. The number of amides is 1. The Bertz CT molecular complexity index is 574. The first-order valence-corrected chi connectivity index (χ1v) is 9.61. The monoisotopic (exact) mass is 344 g/mol. The number of carbonyl (C=O) groups is 1. The minimum Gasteiger partial charge on any atom is -0.376 e. The molecule has 0 saturated carbocycles. The van der Waals surface area contributed by atoms with Crippen LogP contribution in [0.5, 0.6) is 0 Å². The van der Waals surface area contributed by atoms with Gasteiger partial charge >= 0.3 is 0 Å². The van der Waals surface area contributed by atoms with Gasteiger partial charge in [0.05, 0.1) is 19.3 Å². The van der Waals surface area contributed by atoms with E-state index in [0.717, 1.165) is 52.0 Å². The molecule has 136 valence electrons. The maximum Gasteiger partial charge on any atom is 0.246 e. The van der Waals surface area contributed by atoms with Crippen molar-refractivity contribution in [1.29, 1.82) is 0 Å². The molecule has 3 heterocycles. The second-order valence-corrected chi connectivity index (χ2v) is 7.53. The van der Waals surface area contributed by atoms with Gasteiger partial charge in [-0.25, -0.2) is 5.06 Å². The van der Waals surface area contributed by atoms with Gasteiger partial charge in [-0.1, -0.05) is 30.3 Å². The van der Waals surface area contributed by atoms with Crippen molar-refractivity contribution in [2.75, 3.05) is 39.4 Å². The molecule has 5 nitrogen and oxygen atoms in total. The predicted molar refractivity (Wildman–Crippen MR) is 94.8 cm³/mol. The number of nitrogens with zero attached hydrogens (tertiary/aromatic N) is 2. The fourth-order valence-electron chi connectivity index (χ4n) is 4.32. The van der Waals surface area contributed by atoms with Crippen LogP contribution < -0.4 is 0 Å². The van der Waals surface area contributed by atoms with Crippen LogP contribution in [-0.2, 0) is 20.8 Å². The first kappa shape index (κ1) is 17.0. The van der Waals surface area contributed by atoms with Crippen molar-refractivity contribution in [3.8, 4) is 0 Å². The van der Waals surface area contributed by atoms with Gasteiger partial charge in [0.15, 0.2) is 0 Å². The van der Waals surface area contributed by atoms with E-state index < -0.39 is 0 Å². The number of fused-ring (bicyclic) bond motifs is 1. The molecule has 0 aromatic heterocycles. The molecule has 3 aliphatic rings. The largest absolute Gasteiger partial charge is 0.376 e. The van der Waals surface area contributed by atoms with E-state index in [2.05, 4.69) is 35.2 Å². The third-order valence-electron chi connectivity index (χ3n) is 5.79. The topological polar surface area (TPSA) is 42.0 Å². The van der Waals surface area contributed by atoms with E-state index >= 15 is 0 Å². The standard InChI is InChI=1S/C20H28N2O3/c23-20(22-9-4-5-11-25-22)12-17-15-24-19-14-21(13-18(17)19)10-8-16-6-2-1-3-7-16/h1-3,6-7,17-19H,4-5,8-15H2/t17-,18+,19+/m0/s1. The summed E-state index contributed by atoms with van der Waals surface area (Å²) in [6.07, 6.45) is 4.04. The highest BCUT2D eigenvalue weighted by atomic mass is 16.7. The number of hydrogen-bond donors (Lipinski definition) is 0. The van der Waals surface area contributed by atoms with Crippen LogP contribution in [0, 0.1) is 11.8 Å². The van der Waals surface area contributed by atoms with Crippen LogP contribution >= 0.6 is 0 Å². The lowest BCUT2D eigenvalue weighted by molar-refractivity contribution is -0.198. The lowest BCUT2D eigenvalue weighted by Crippen LogP contribution is -2.37. The van der Waals surface area contributed by atoms with E-state index in [1.165, 1.54) is 5.56 Å². The van der Waals surface area contributed by atoms with Crippen molar-refractivity contribution in [1.82, 2.24) is 9.96 Å². The van der Waals surface area contributed by atoms with Crippen molar-refractivity contribution in [3.63, 3.8) is 0 Å². The molecule has 3 atom stereocenters. The molecule has 0 spiro atoms. The van der Waals surface area contributed by atoms with E-state index in [9.17, 15) is 4.79 Å². The van der Waals surface area contributed by atoms with Gasteiger partial charge in [-0.2, -0.15) is 0 Å². The molecule has 1 amide bonds. The van der Waals surface area contributed by atoms with Gasteiger partial charge in [0, 0.05) is 38.5 Å². The highest BCUT2D eigenvalue weighted by Gasteiger charge is 2.44. The van der Waals surface area contributed by atoms with Crippen molar-refractivity contribution < 1.29 is 14.4 Å². The first-order valence-electron chi connectivity index (χ1n) is 9.61. The molecule has 3 saturated heterocycles. The zero-order valence-electron chi connectivity index (χ0n) is 14.8. The van der Waals surface area contributed by atoms with Crippen molar-refractivity contribution in [3.05, 3.63) is 35.9 Å². The zero-order valence-corrected chi connectivity index (χ0v) is 14.8. The Balaban J connectivity index is 1.27. The maximum absolute atomic E-state index is 12.5. The fourth-order valence-corrected chi connectivity index (χ4v) is 4.32. The Kier molecular flexibility index (Phi) is 5.34. The van der Waals surface area contributed by atoms with Gasteiger partial charge in [-0.3, -0.25) is 9.63 Å². The van der Waals surface area contributed by atoms with Crippen LogP contribution in [0.25, 0.3) is 0 Å². The molecule has 0 aliphatic carbocycles. The Morgan fingerprint density at radius 2 is 2.04 bits per heavy atom. The Hall–Kier alpha value is -1.43. The average Bonchev–Trinajstić information content (AvgIpc) is 3.23. The number of ether oxygens (including phenoxy) is 1. The summed E-state index contributed by atoms with van der Waals surface area (Å²) in [4.78, 5) is 20.5. The molecule has 1 aromatic rings. The van der Waals surface area contributed by atoms with Gasteiger partial charge in [-0.15, -0.1) is 0 Å². The fraction of sp³-hybridized carbons (Fsp3) is 0.650. The molecule has 0 unspecified atom stereocenters. The van der Waals surface area contributed by atoms with Crippen LogP contribution in [0.2, 0.25) is 0 Å². The smallest absolute Gasteiger partial charge is 0.246 e. The molecular weight excluding hydrogens is 316 g/mol.